The summed E-state index contributed by atoms with van der Waals surface area (Å²) in [7, 11) is 6.61. The smallest absolute Gasteiger partial charge is 0.407 e. The number of hydrogen-bond donors (Lipinski definition) is 1. The molecule has 0 saturated heterocycles. The van der Waals surface area contributed by atoms with Gasteiger partial charge < -0.3 is 29.0 Å². The third-order valence-electron chi connectivity index (χ3n) is 6.51. The molecule has 0 fully saturated rings. The van der Waals surface area contributed by atoms with Crippen LogP contribution in [0.2, 0.25) is 0 Å². The molecule has 1 N–H and O–H groups in total. The maximum absolute atomic E-state index is 12.1. The molecule has 8 nitrogen and oxygen atoms in total. The van der Waals surface area contributed by atoms with Gasteiger partial charge in [0.2, 0.25) is 0 Å². The molecule has 8 heteroatoms. The molecule has 194 valence electrons. The lowest BCUT2D eigenvalue weighted by atomic mass is 9.87. The number of rotatable bonds is 7. The lowest BCUT2D eigenvalue weighted by Gasteiger charge is -2.31. The minimum absolute atomic E-state index is 0.394. The highest BCUT2D eigenvalue weighted by Crippen LogP contribution is 2.44. The molecule has 0 aliphatic carbocycles. The number of nitrogens with one attached hydrogen (secondary N) is 1. The molecule has 3 aromatic carbocycles. The van der Waals surface area contributed by atoms with Gasteiger partial charge in [0.05, 0.1) is 28.4 Å². The minimum Gasteiger partial charge on any atom is -0.493 e. The molecule has 0 spiro atoms. The van der Waals surface area contributed by atoms with Gasteiger partial charge >= 0.3 is 6.09 Å². The molecule has 0 atom stereocenters. The maximum Gasteiger partial charge on any atom is 0.407 e. The fourth-order valence-corrected chi connectivity index (χ4v) is 4.89. The van der Waals surface area contributed by atoms with E-state index in [0.29, 0.717) is 29.5 Å². The highest BCUT2D eigenvalue weighted by Gasteiger charge is 2.25. The number of fused-ring (bicyclic) bond motifs is 6. The van der Waals surface area contributed by atoms with Crippen LogP contribution < -0.4 is 24.3 Å². The summed E-state index contributed by atoms with van der Waals surface area (Å²) in [6, 6.07) is 8.21. The summed E-state index contributed by atoms with van der Waals surface area (Å²) < 4.78 is 27.9. The predicted molar refractivity (Wildman–Crippen MR) is 141 cm³/mol. The Morgan fingerprint density at radius 2 is 1.28 bits per heavy atom. The molecule has 4 rings (SSSR count). The number of carbonyl (C=O) groups excluding carboxylic acids is 1. The number of amides is 1. The zero-order valence-electron chi connectivity index (χ0n) is 22.2. The Morgan fingerprint density at radius 1 is 0.806 bits per heavy atom. The molecule has 1 heterocycles. The zero-order chi connectivity index (χ0) is 26.0. The van der Waals surface area contributed by atoms with Crippen LogP contribution in [0.15, 0.2) is 24.3 Å². The van der Waals surface area contributed by atoms with E-state index in [2.05, 4.69) is 22.3 Å². The summed E-state index contributed by atoms with van der Waals surface area (Å²) in [5.74, 6) is 2.76. The molecule has 36 heavy (non-hydrogen) atoms. The third kappa shape index (κ3) is 5.09. The monoisotopic (exact) mass is 496 g/mol. The van der Waals surface area contributed by atoms with Gasteiger partial charge in [0, 0.05) is 26.2 Å². The van der Waals surface area contributed by atoms with Crippen LogP contribution in [0, 0.1) is 0 Å². The van der Waals surface area contributed by atoms with Crippen LogP contribution in [0.25, 0.3) is 21.5 Å². The van der Waals surface area contributed by atoms with Crippen molar-refractivity contribution >= 4 is 27.6 Å². The summed E-state index contributed by atoms with van der Waals surface area (Å²) in [5.41, 5.74) is 2.02. The van der Waals surface area contributed by atoms with Gasteiger partial charge in [-0.2, -0.15) is 0 Å². The molecule has 3 aromatic rings. The van der Waals surface area contributed by atoms with E-state index in [0.717, 1.165) is 47.6 Å². The Balaban J connectivity index is 1.74. The van der Waals surface area contributed by atoms with E-state index < -0.39 is 11.7 Å². The topological polar surface area (TPSA) is 78.5 Å². The number of ether oxygens (including phenoxy) is 5. The normalized spacial score (nSPS) is 13.9. The SMILES string of the molecule is COc1cc2c3c(c4cc(OC)c(OC)cc4c2cc1OC)CN(CCNC(=O)OC(C)(C)C)CC3. The van der Waals surface area contributed by atoms with Crippen LogP contribution in [0.4, 0.5) is 4.79 Å². The number of benzene rings is 3. The van der Waals surface area contributed by atoms with Crippen molar-refractivity contribution in [1.29, 1.82) is 0 Å². The van der Waals surface area contributed by atoms with Crippen LogP contribution in [-0.4, -0.2) is 64.7 Å². The lowest BCUT2D eigenvalue weighted by Crippen LogP contribution is -2.39. The number of hydrogen-bond acceptors (Lipinski definition) is 7. The van der Waals surface area contributed by atoms with Crippen molar-refractivity contribution in [3.8, 4) is 23.0 Å². The predicted octanol–water partition coefficient (Wildman–Crippen LogP) is 4.91. The van der Waals surface area contributed by atoms with E-state index in [1.807, 2.05) is 32.9 Å². The molecule has 1 aliphatic heterocycles. The second kappa shape index (κ2) is 10.3. The molecular formula is C28H36N2O6. The summed E-state index contributed by atoms with van der Waals surface area (Å²) in [5, 5.41) is 7.28. The first-order valence-electron chi connectivity index (χ1n) is 12.1. The van der Waals surface area contributed by atoms with E-state index in [1.54, 1.807) is 28.4 Å². The Morgan fingerprint density at radius 3 is 1.75 bits per heavy atom. The molecule has 0 unspecified atom stereocenters. The molecule has 1 aliphatic rings. The summed E-state index contributed by atoms with van der Waals surface area (Å²) >= 11 is 0. The quantitative estimate of drug-likeness (QED) is 0.466. The first-order chi connectivity index (χ1) is 17.2. The second-order valence-corrected chi connectivity index (χ2v) is 9.92. The number of alkyl carbamates (subject to hydrolysis) is 1. The number of methoxy groups -OCH3 is 4. The first kappa shape index (κ1) is 25.7. The molecule has 0 aromatic heterocycles. The molecule has 0 radical (unpaired) electrons. The van der Waals surface area contributed by atoms with Gasteiger partial charge in [-0.25, -0.2) is 4.79 Å². The van der Waals surface area contributed by atoms with Crippen molar-refractivity contribution < 1.29 is 28.5 Å². The lowest BCUT2D eigenvalue weighted by molar-refractivity contribution is 0.0521. The molecule has 0 bridgehead atoms. The fourth-order valence-electron chi connectivity index (χ4n) is 4.89. The molecule has 1 amide bonds. The van der Waals surface area contributed by atoms with Crippen molar-refractivity contribution in [2.75, 3.05) is 48.1 Å². The summed E-state index contributed by atoms with van der Waals surface area (Å²) in [6.07, 6.45) is 0.479. The van der Waals surface area contributed by atoms with Gasteiger partial charge in [-0.1, -0.05) is 0 Å². The molecule has 0 saturated carbocycles. The fraction of sp³-hybridized carbons (Fsp3) is 0.464. The van der Waals surface area contributed by atoms with Crippen LogP contribution >= 0.6 is 0 Å². The average molecular weight is 497 g/mol. The zero-order valence-corrected chi connectivity index (χ0v) is 22.2. The van der Waals surface area contributed by atoms with Crippen molar-refractivity contribution in [3.05, 3.63) is 35.4 Å². The Bertz CT molecular complexity index is 1280. The largest absolute Gasteiger partial charge is 0.493 e. The Kier molecular flexibility index (Phi) is 7.36. The highest BCUT2D eigenvalue weighted by atomic mass is 16.6. The van der Waals surface area contributed by atoms with Gasteiger partial charge in [0.25, 0.3) is 0 Å². The summed E-state index contributed by atoms with van der Waals surface area (Å²) in [6.45, 7) is 8.44. The van der Waals surface area contributed by atoms with Gasteiger partial charge in [-0.05, 0) is 84.1 Å². The number of carbonyl (C=O) groups is 1. The average Bonchev–Trinajstić information content (AvgIpc) is 2.85. The van der Waals surface area contributed by atoms with E-state index in [9.17, 15) is 4.79 Å². The van der Waals surface area contributed by atoms with E-state index in [1.165, 1.54) is 11.1 Å². The first-order valence-corrected chi connectivity index (χ1v) is 12.1. The Hall–Kier alpha value is -3.39. The van der Waals surface area contributed by atoms with Crippen molar-refractivity contribution in [2.45, 2.75) is 39.3 Å². The van der Waals surface area contributed by atoms with Gasteiger partial charge in [0.15, 0.2) is 23.0 Å². The van der Waals surface area contributed by atoms with Gasteiger partial charge in [0.1, 0.15) is 5.60 Å². The summed E-state index contributed by atoms with van der Waals surface area (Å²) in [4.78, 5) is 14.4. The standard InChI is InChI=1S/C28H36N2O6/c1-28(2,3)36-27(31)29-9-11-30-10-8-17-18-12-23(32-4)24(33-5)13-19(18)20-14-25(34-6)26(35-7)15-21(20)22(17)16-30/h12-15H,8-11,16H2,1-7H3,(H,29,31). The van der Waals surface area contributed by atoms with Crippen LogP contribution in [0.1, 0.15) is 31.9 Å². The van der Waals surface area contributed by atoms with Crippen LogP contribution in [0.5, 0.6) is 23.0 Å². The third-order valence-corrected chi connectivity index (χ3v) is 6.51. The minimum atomic E-state index is -0.516. The van der Waals surface area contributed by atoms with Crippen molar-refractivity contribution in [3.63, 3.8) is 0 Å². The van der Waals surface area contributed by atoms with Crippen LogP contribution in [0.3, 0.4) is 0 Å². The van der Waals surface area contributed by atoms with Gasteiger partial charge in [-0.3, -0.25) is 4.90 Å². The van der Waals surface area contributed by atoms with Gasteiger partial charge in [-0.15, -0.1) is 0 Å². The molecular weight excluding hydrogens is 460 g/mol. The number of nitrogens with zero attached hydrogens (tertiary/aromatic N) is 1. The second-order valence-electron chi connectivity index (χ2n) is 9.92. The Labute approximate surface area is 212 Å². The van der Waals surface area contributed by atoms with Crippen LogP contribution in [-0.2, 0) is 17.7 Å². The van der Waals surface area contributed by atoms with E-state index >= 15 is 0 Å². The van der Waals surface area contributed by atoms with Crippen molar-refractivity contribution in [1.82, 2.24) is 10.2 Å². The highest BCUT2D eigenvalue weighted by molar-refractivity contribution is 6.12. The van der Waals surface area contributed by atoms with E-state index in [4.69, 9.17) is 23.7 Å². The van der Waals surface area contributed by atoms with Crippen molar-refractivity contribution in [2.24, 2.45) is 0 Å². The maximum atomic E-state index is 12.1. The van der Waals surface area contributed by atoms with E-state index in [-0.39, 0.29) is 0 Å².